The third kappa shape index (κ3) is 5.01. The summed E-state index contributed by atoms with van der Waals surface area (Å²) in [5.41, 5.74) is 0.764. The molecule has 3 aromatic carbocycles. The Bertz CT molecular complexity index is 1390. The van der Waals surface area contributed by atoms with Crippen LogP contribution in [-0.2, 0) is 4.79 Å². The van der Waals surface area contributed by atoms with E-state index in [0.29, 0.717) is 22.3 Å². The van der Waals surface area contributed by atoms with Gasteiger partial charge in [-0.05, 0) is 36.4 Å². The normalized spacial score (nSPS) is 10.9. The summed E-state index contributed by atoms with van der Waals surface area (Å²) >= 11 is 1.03. The molecule has 0 saturated carbocycles. The van der Waals surface area contributed by atoms with Crippen LogP contribution in [0.15, 0.2) is 82.7 Å². The van der Waals surface area contributed by atoms with Crippen LogP contribution >= 0.6 is 11.8 Å². The van der Waals surface area contributed by atoms with Gasteiger partial charge in [0.15, 0.2) is 5.16 Å². The number of fused-ring (bicyclic) bond motifs is 1. The van der Waals surface area contributed by atoms with Crippen molar-refractivity contribution in [2.45, 2.75) is 11.8 Å². The Balaban J connectivity index is 1.66. The monoisotopic (exact) mass is 483 g/mol. The van der Waals surface area contributed by atoms with Crippen LogP contribution in [0.5, 0.6) is 11.5 Å². The highest BCUT2D eigenvalue weighted by Gasteiger charge is 2.18. The minimum absolute atomic E-state index is 0.113. The number of nitrogens with zero attached hydrogens (tertiary/aromatic N) is 2. The molecule has 0 bridgehead atoms. The number of hydrogen-bond donors (Lipinski definition) is 1. The topological polar surface area (TPSA) is 82.4 Å². The fourth-order valence-corrected chi connectivity index (χ4v) is 4.13. The van der Waals surface area contributed by atoms with Gasteiger partial charge in [-0.15, -0.1) is 0 Å². The van der Waals surface area contributed by atoms with Crippen LogP contribution in [0.3, 0.4) is 0 Å². The quantitative estimate of drug-likeness (QED) is 0.288. The van der Waals surface area contributed by atoms with Crippen LogP contribution in [-0.4, -0.2) is 34.9 Å². The van der Waals surface area contributed by atoms with E-state index in [9.17, 15) is 18.4 Å². The average molecular weight is 483 g/mol. The number of halogens is 2. The van der Waals surface area contributed by atoms with Gasteiger partial charge in [0.25, 0.3) is 5.56 Å². The summed E-state index contributed by atoms with van der Waals surface area (Å²) in [6, 6.07) is 19.8. The third-order valence-electron chi connectivity index (χ3n) is 4.78. The molecule has 0 saturated heterocycles. The van der Waals surface area contributed by atoms with Crippen LogP contribution in [0.1, 0.15) is 0 Å². The van der Waals surface area contributed by atoms with Crippen molar-refractivity contribution in [2.24, 2.45) is 0 Å². The van der Waals surface area contributed by atoms with Crippen LogP contribution in [0.2, 0.25) is 0 Å². The molecule has 174 valence electrons. The zero-order chi connectivity index (χ0) is 24.1. The first-order valence-corrected chi connectivity index (χ1v) is 11.1. The van der Waals surface area contributed by atoms with E-state index in [4.69, 9.17) is 4.74 Å². The number of alkyl halides is 2. The maximum absolute atomic E-state index is 13.4. The minimum atomic E-state index is -3.02. The van der Waals surface area contributed by atoms with Gasteiger partial charge < -0.3 is 14.8 Å². The first kappa shape index (κ1) is 23.2. The number of amides is 1. The van der Waals surface area contributed by atoms with Crippen molar-refractivity contribution in [1.29, 1.82) is 0 Å². The van der Waals surface area contributed by atoms with Crippen molar-refractivity contribution in [2.75, 3.05) is 18.2 Å². The number of hydrogen-bond acceptors (Lipinski definition) is 6. The van der Waals surface area contributed by atoms with Gasteiger partial charge in [0.1, 0.15) is 11.5 Å². The second kappa shape index (κ2) is 10.3. The zero-order valence-electron chi connectivity index (χ0n) is 17.9. The summed E-state index contributed by atoms with van der Waals surface area (Å²) in [7, 11) is 1.50. The number of anilines is 1. The number of para-hydroxylation sites is 5. The van der Waals surface area contributed by atoms with E-state index in [1.807, 2.05) is 0 Å². The summed E-state index contributed by atoms with van der Waals surface area (Å²) < 4.78 is 36.6. The van der Waals surface area contributed by atoms with Gasteiger partial charge in [-0.25, -0.2) is 4.98 Å². The van der Waals surface area contributed by atoms with Gasteiger partial charge in [-0.3, -0.25) is 14.2 Å². The molecular weight excluding hydrogens is 464 g/mol. The van der Waals surface area contributed by atoms with Gasteiger partial charge >= 0.3 is 6.61 Å². The number of benzene rings is 3. The Kier molecular flexibility index (Phi) is 7.07. The number of nitrogens with one attached hydrogen (secondary N) is 1. The van der Waals surface area contributed by atoms with Gasteiger partial charge in [0.2, 0.25) is 5.91 Å². The molecule has 0 radical (unpaired) electrons. The molecule has 1 amide bonds. The highest BCUT2D eigenvalue weighted by atomic mass is 32.2. The van der Waals surface area contributed by atoms with E-state index in [1.165, 1.54) is 29.9 Å². The van der Waals surface area contributed by atoms with Crippen molar-refractivity contribution in [1.82, 2.24) is 9.55 Å². The van der Waals surface area contributed by atoms with E-state index in [-0.39, 0.29) is 27.9 Å². The molecule has 1 aromatic heterocycles. The first-order valence-electron chi connectivity index (χ1n) is 10.1. The largest absolute Gasteiger partial charge is 0.495 e. The lowest BCUT2D eigenvalue weighted by Crippen LogP contribution is -2.23. The maximum Gasteiger partial charge on any atom is 0.387 e. The summed E-state index contributed by atoms with van der Waals surface area (Å²) in [6.07, 6.45) is 0. The van der Waals surface area contributed by atoms with E-state index >= 15 is 0 Å². The van der Waals surface area contributed by atoms with Crippen LogP contribution in [0, 0.1) is 0 Å². The third-order valence-corrected chi connectivity index (χ3v) is 5.72. The molecule has 0 spiro atoms. The second-order valence-corrected chi connectivity index (χ2v) is 7.88. The minimum Gasteiger partial charge on any atom is -0.495 e. The lowest BCUT2D eigenvalue weighted by Gasteiger charge is -2.16. The number of methoxy groups -OCH3 is 1. The average Bonchev–Trinajstić information content (AvgIpc) is 2.84. The predicted molar refractivity (Wildman–Crippen MR) is 126 cm³/mol. The standard InChI is InChI=1S/C24H19F2N3O4S/c1-32-20-13-7-5-11-18(20)29-22(31)15-8-2-3-9-16(15)28-24(29)34-14-21(30)27-17-10-4-6-12-19(17)33-23(25)26/h2-13,23H,14H2,1H3,(H,27,30). The molecule has 10 heteroatoms. The number of rotatable bonds is 8. The van der Waals surface area contributed by atoms with Crippen LogP contribution < -0.4 is 20.3 Å². The molecule has 4 rings (SSSR count). The molecule has 0 aliphatic rings. The van der Waals surface area contributed by atoms with Gasteiger partial charge in [-0.2, -0.15) is 8.78 Å². The molecule has 0 aliphatic carbocycles. The Morgan fingerprint density at radius 2 is 1.71 bits per heavy atom. The maximum atomic E-state index is 13.4. The zero-order valence-corrected chi connectivity index (χ0v) is 18.7. The fourth-order valence-electron chi connectivity index (χ4n) is 3.32. The van der Waals surface area contributed by atoms with Crippen molar-refractivity contribution < 1.29 is 23.0 Å². The molecular formula is C24H19F2N3O4S. The van der Waals surface area contributed by atoms with Crippen molar-refractivity contribution in [3.05, 3.63) is 83.2 Å². The smallest absolute Gasteiger partial charge is 0.387 e. The first-order chi connectivity index (χ1) is 16.5. The SMILES string of the molecule is COc1ccccc1-n1c(SCC(=O)Nc2ccccc2OC(F)F)nc2ccccc2c1=O. The van der Waals surface area contributed by atoms with Crippen molar-refractivity contribution in [3.63, 3.8) is 0 Å². The fraction of sp³-hybridized carbons (Fsp3) is 0.125. The Hall–Kier alpha value is -3.92. The van der Waals surface area contributed by atoms with E-state index in [1.54, 1.807) is 54.6 Å². The number of thioether (sulfide) groups is 1. The molecule has 1 heterocycles. The molecule has 0 aliphatic heterocycles. The van der Waals surface area contributed by atoms with Gasteiger partial charge in [-0.1, -0.05) is 48.2 Å². The predicted octanol–water partition coefficient (Wildman–Crippen LogP) is 4.73. The van der Waals surface area contributed by atoms with Crippen LogP contribution in [0.25, 0.3) is 16.6 Å². The van der Waals surface area contributed by atoms with Gasteiger partial charge in [0.05, 0.1) is 35.1 Å². The number of ether oxygens (including phenoxy) is 2. The lowest BCUT2D eigenvalue weighted by molar-refractivity contribution is -0.113. The molecule has 4 aromatic rings. The summed E-state index contributed by atoms with van der Waals surface area (Å²) in [4.78, 5) is 30.6. The van der Waals surface area contributed by atoms with E-state index in [2.05, 4.69) is 15.0 Å². The van der Waals surface area contributed by atoms with Crippen molar-refractivity contribution in [3.8, 4) is 17.2 Å². The van der Waals surface area contributed by atoms with E-state index in [0.717, 1.165) is 11.8 Å². The summed E-state index contributed by atoms with van der Waals surface area (Å²) in [6.45, 7) is -3.02. The van der Waals surface area contributed by atoms with Crippen LogP contribution in [0.4, 0.5) is 14.5 Å². The van der Waals surface area contributed by atoms with Gasteiger partial charge in [0, 0.05) is 0 Å². The number of carbonyl (C=O) groups is 1. The Labute approximate surface area is 197 Å². The molecule has 1 N–H and O–H groups in total. The highest BCUT2D eigenvalue weighted by Crippen LogP contribution is 2.28. The Morgan fingerprint density at radius 1 is 1.03 bits per heavy atom. The van der Waals surface area contributed by atoms with Crippen molar-refractivity contribution >= 4 is 34.3 Å². The molecule has 0 fully saturated rings. The summed E-state index contributed by atoms with van der Waals surface area (Å²) in [5.74, 6) is -0.302. The van der Waals surface area contributed by atoms with E-state index < -0.39 is 12.5 Å². The second-order valence-electron chi connectivity index (χ2n) is 6.94. The Morgan fingerprint density at radius 3 is 2.47 bits per heavy atom. The molecule has 0 atom stereocenters. The molecule has 34 heavy (non-hydrogen) atoms. The molecule has 0 unspecified atom stereocenters. The summed E-state index contributed by atoms with van der Waals surface area (Å²) in [5, 5.41) is 3.26. The number of carbonyl (C=O) groups excluding carboxylic acids is 1. The lowest BCUT2D eigenvalue weighted by atomic mass is 10.2. The highest BCUT2D eigenvalue weighted by molar-refractivity contribution is 7.99. The molecule has 7 nitrogen and oxygen atoms in total. The number of aromatic nitrogens is 2.